The summed E-state index contributed by atoms with van der Waals surface area (Å²) in [6.45, 7) is 2.05. The van der Waals surface area contributed by atoms with Crippen LogP contribution in [0.25, 0.3) is 28.4 Å². The van der Waals surface area contributed by atoms with Gasteiger partial charge in [0, 0.05) is 43.5 Å². The molecule has 33 heavy (non-hydrogen) atoms. The Morgan fingerprint density at radius 1 is 1.12 bits per heavy atom. The first kappa shape index (κ1) is 19.4. The molecule has 0 atom stereocenters. The summed E-state index contributed by atoms with van der Waals surface area (Å²) < 4.78 is 11.0. The molecule has 0 unspecified atom stereocenters. The molecule has 1 aliphatic carbocycles. The number of methoxy groups -OCH3 is 1. The number of hydrogen-bond donors (Lipinski definition) is 1. The predicted octanol–water partition coefficient (Wildman–Crippen LogP) is 3.18. The summed E-state index contributed by atoms with van der Waals surface area (Å²) >= 11 is 0. The molecule has 0 aliphatic heterocycles. The summed E-state index contributed by atoms with van der Waals surface area (Å²) in [5.41, 5.74) is 3.77. The number of nitrogens with zero attached hydrogens (tertiary/aromatic N) is 9. The van der Waals surface area contributed by atoms with Gasteiger partial charge in [-0.1, -0.05) is 0 Å². The second-order valence-corrected chi connectivity index (χ2v) is 8.09. The lowest BCUT2D eigenvalue weighted by Gasteiger charge is -2.10. The number of rotatable bonds is 6. The number of nitrogens with one attached hydrogen (secondary N) is 1. The zero-order valence-electron chi connectivity index (χ0n) is 18.5. The smallest absolute Gasteiger partial charge is 0.218 e. The lowest BCUT2D eigenvalue weighted by Crippen LogP contribution is -2.07. The Bertz CT molecular complexity index is 1480. The fraction of sp³-hybridized carbons (Fsp3) is 0.273. The van der Waals surface area contributed by atoms with Crippen molar-refractivity contribution in [3.05, 3.63) is 48.8 Å². The lowest BCUT2D eigenvalue weighted by molar-refractivity contribution is 0.397. The van der Waals surface area contributed by atoms with E-state index >= 15 is 0 Å². The van der Waals surface area contributed by atoms with E-state index in [1.54, 1.807) is 19.4 Å². The highest BCUT2D eigenvalue weighted by molar-refractivity contribution is 5.84. The molecule has 5 aromatic heterocycles. The van der Waals surface area contributed by atoms with Crippen molar-refractivity contribution in [1.82, 2.24) is 43.9 Å². The molecule has 11 nitrogen and oxygen atoms in total. The molecule has 1 aliphatic rings. The maximum Gasteiger partial charge on any atom is 0.218 e. The van der Waals surface area contributed by atoms with Crippen LogP contribution in [0.1, 0.15) is 24.4 Å². The van der Waals surface area contributed by atoms with Gasteiger partial charge in [-0.2, -0.15) is 5.10 Å². The van der Waals surface area contributed by atoms with E-state index in [4.69, 9.17) is 19.9 Å². The van der Waals surface area contributed by atoms with Crippen LogP contribution in [0.2, 0.25) is 0 Å². The molecule has 6 rings (SSSR count). The Labute approximate surface area is 189 Å². The number of aryl methyl sites for hydroxylation is 2. The van der Waals surface area contributed by atoms with Gasteiger partial charge >= 0.3 is 0 Å². The van der Waals surface area contributed by atoms with Crippen molar-refractivity contribution in [3.8, 4) is 28.8 Å². The number of imidazole rings is 1. The minimum Gasteiger partial charge on any atom is -0.481 e. The number of anilines is 2. The molecule has 1 N–H and O–H groups in total. The standard InChI is InChI=1S/C22H22N10O/c1-13-15(16-6-8-31(28-16)14-4-5-14)11-32-19(13)20(26-17-10-18(33-3)25-12-24-17)27-21(29-32)22-23-7-9-30(22)2/h6-12,14H,4-5H2,1-3H3,(H,24,25,26,27,29). The number of hydrogen-bond acceptors (Lipinski definition) is 8. The van der Waals surface area contributed by atoms with Crippen LogP contribution in [-0.4, -0.2) is 51.0 Å². The summed E-state index contributed by atoms with van der Waals surface area (Å²) in [4.78, 5) is 17.6. The average molecular weight is 442 g/mol. The van der Waals surface area contributed by atoms with Crippen LogP contribution in [0.5, 0.6) is 5.88 Å². The molecular formula is C22H22N10O. The zero-order valence-corrected chi connectivity index (χ0v) is 18.5. The molecule has 166 valence electrons. The Morgan fingerprint density at radius 3 is 2.76 bits per heavy atom. The third kappa shape index (κ3) is 3.37. The van der Waals surface area contributed by atoms with E-state index in [-0.39, 0.29) is 0 Å². The normalized spacial score (nSPS) is 13.5. The first-order chi connectivity index (χ1) is 16.1. The topological polar surface area (TPSA) is 113 Å². The highest BCUT2D eigenvalue weighted by atomic mass is 16.5. The number of aromatic nitrogens is 9. The first-order valence-electron chi connectivity index (χ1n) is 10.7. The maximum absolute atomic E-state index is 5.24. The molecule has 5 aromatic rings. The van der Waals surface area contributed by atoms with E-state index in [2.05, 4.69) is 37.9 Å². The van der Waals surface area contributed by atoms with E-state index in [1.165, 1.54) is 19.2 Å². The van der Waals surface area contributed by atoms with Gasteiger partial charge in [0.25, 0.3) is 0 Å². The molecule has 0 aromatic carbocycles. The molecule has 0 radical (unpaired) electrons. The van der Waals surface area contributed by atoms with Crippen LogP contribution < -0.4 is 10.1 Å². The summed E-state index contributed by atoms with van der Waals surface area (Å²) in [5.74, 6) is 2.78. The molecule has 0 spiro atoms. The Hall–Kier alpha value is -4.28. The van der Waals surface area contributed by atoms with Gasteiger partial charge in [0.2, 0.25) is 11.7 Å². The zero-order chi connectivity index (χ0) is 22.5. The minimum atomic E-state index is 0.459. The SMILES string of the molecule is COc1cc(Nc2nc(-c3nccn3C)nn3cc(-c4ccn(C5CC5)n4)c(C)c23)ncn1. The van der Waals surface area contributed by atoms with Crippen molar-refractivity contribution in [2.75, 3.05) is 12.4 Å². The van der Waals surface area contributed by atoms with E-state index < -0.39 is 0 Å². The lowest BCUT2D eigenvalue weighted by atomic mass is 10.1. The number of fused-ring (bicyclic) bond motifs is 1. The van der Waals surface area contributed by atoms with Gasteiger partial charge in [-0.05, 0) is 31.4 Å². The van der Waals surface area contributed by atoms with Gasteiger partial charge in [0.15, 0.2) is 11.6 Å². The van der Waals surface area contributed by atoms with Crippen LogP contribution in [-0.2, 0) is 7.05 Å². The summed E-state index contributed by atoms with van der Waals surface area (Å²) in [7, 11) is 3.48. The van der Waals surface area contributed by atoms with Gasteiger partial charge in [-0.3, -0.25) is 4.68 Å². The third-order valence-electron chi connectivity index (χ3n) is 5.81. The molecule has 11 heteroatoms. The fourth-order valence-electron chi connectivity index (χ4n) is 3.92. The van der Waals surface area contributed by atoms with Crippen molar-refractivity contribution in [1.29, 1.82) is 0 Å². The average Bonchev–Trinajstić information content (AvgIpc) is 3.23. The van der Waals surface area contributed by atoms with Gasteiger partial charge < -0.3 is 14.6 Å². The van der Waals surface area contributed by atoms with Crippen molar-refractivity contribution in [2.24, 2.45) is 7.05 Å². The van der Waals surface area contributed by atoms with E-state index in [0.29, 0.717) is 35.2 Å². The fourth-order valence-corrected chi connectivity index (χ4v) is 3.92. The molecule has 1 saturated carbocycles. The van der Waals surface area contributed by atoms with Gasteiger partial charge in [-0.15, -0.1) is 5.10 Å². The Balaban J connectivity index is 1.52. The molecule has 0 bridgehead atoms. The molecular weight excluding hydrogens is 420 g/mol. The second-order valence-electron chi connectivity index (χ2n) is 8.09. The minimum absolute atomic E-state index is 0.459. The highest BCUT2D eigenvalue weighted by Crippen LogP contribution is 2.36. The quantitative estimate of drug-likeness (QED) is 0.427. The van der Waals surface area contributed by atoms with Gasteiger partial charge in [0.05, 0.1) is 18.8 Å². The number of ether oxygens (including phenoxy) is 1. The predicted molar refractivity (Wildman–Crippen MR) is 121 cm³/mol. The van der Waals surface area contributed by atoms with Gasteiger partial charge in [-0.25, -0.2) is 24.5 Å². The van der Waals surface area contributed by atoms with Crippen LogP contribution in [0, 0.1) is 6.92 Å². The van der Waals surface area contributed by atoms with Crippen LogP contribution in [0.15, 0.2) is 43.2 Å². The van der Waals surface area contributed by atoms with Crippen LogP contribution >= 0.6 is 0 Å². The largest absolute Gasteiger partial charge is 0.481 e. The molecule has 0 amide bonds. The van der Waals surface area contributed by atoms with Crippen LogP contribution in [0.3, 0.4) is 0 Å². The Kier molecular flexibility index (Phi) is 4.35. The van der Waals surface area contributed by atoms with Gasteiger partial charge in [0.1, 0.15) is 17.7 Å². The summed E-state index contributed by atoms with van der Waals surface area (Å²) in [6, 6.07) is 4.29. The molecule has 5 heterocycles. The first-order valence-corrected chi connectivity index (χ1v) is 10.7. The van der Waals surface area contributed by atoms with E-state index in [1.807, 2.05) is 34.7 Å². The second kappa shape index (κ2) is 7.40. The highest BCUT2D eigenvalue weighted by Gasteiger charge is 2.25. The van der Waals surface area contributed by atoms with E-state index in [0.717, 1.165) is 22.3 Å². The van der Waals surface area contributed by atoms with E-state index in [9.17, 15) is 0 Å². The Morgan fingerprint density at radius 2 is 2.00 bits per heavy atom. The third-order valence-corrected chi connectivity index (χ3v) is 5.81. The summed E-state index contributed by atoms with van der Waals surface area (Å²) in [5, 5.41) is 12.9. The van der Waals surface area contributed by atoms with Crippen molar-refractivity contribution >= 4 is 17.2 Å². The van der Waals surface area contributed by atoms with Crippen LogP contribution in [0.4, 0.5) is 11.6 Å². The maximum atomic E-state index is 5.24. The van der Waals surface area contributed by atoms with Crippen molar-refractivity contribution in [3.63, 3.8) is 0 Å². The molecule has 0 saturated heterocycles. The van der Waals surface area contributed by atoms with Crippen molar-refractivity contribution in [2.45, 2.75) is 25.8 Å². The molecule has 1 fully saturated rings. The monoisotopic (exact) mass is 442 g/mol. The van der Waals surface area contributed by atoms with Crippen molar-refractivity contribution < 1.29 is 4.74 Å². The summed E-state index contributed by atoms with van der Waals surface area (Å²) in [6.07, 6.45) is 11.4.